The SMILES string of the molecule is CC(C)N1C[C@@H]2C[C@H](NS(=O)(=O)c3cccc(C#N)c3)CN2Cc2ccccc21. The summed E-state index contributed by atoms with van der Waals surface area (Å²) >= 11 is 0. The zero-order chi connectivity index (χ0) is 20.6. The lowest BCUT2D eigenvalue weighted by Crippen LogP contribution is -2.40. The lowest BCUT2D eigenvalue weighted by atomic mass is 10.1. The van der Waals surface area contributed by atoms with Crippen molar-refractivity contribution >= 4 is 15.7 Å². The van der Waals surface area contributed by atoms with Gasteiger partial charge < -0.3 is 4.90 Å². The highest BCUT2D eigenvalue weighted by molar-refractivity contribution is 7.89. The fourth-order valence-electron chi connectivity index (χ4n) is 4.43. The molecule has 2 aromatic carbocycles. The lowest BCUT2D eigenvalue weighted by Gasteiger charge is -2.31. The van der Waals surface area contributed by atoms with Gasteiger partial charge in [-0.2, -0.15) is 5.26 Å². The minimum atomic E-state index is -3.66. The zero-order valence-corrected chi connectivity index (χ0v) is 17.6. The van der Waals surface area contributed by atoms with Crippen LogP contribution in [0.15, 0.2) is 53.4 Å². The number of hydrogen-bond acceptors (Lipinski definition) is 5. The molecule has 1 fully saturated rings. The molecule has 2 heterocycles. The Hall–Kier alpha value is -2.40. The molecule has 0 bridgehead atoms. The van der Waals surface area contributed by atoms with Crippen molar-refractivity contribution in [2.75, 3.05) is 18.0 Å². The number of nitriles is 1. The van der Waals surface area contributed by atoms with Crippen LogP contribution in [0.4, 0.5) is 5.69 Å². The molecule has 2 aliphatic rings. The van der Waals surface area contributed by atoms with Crippen LogP contribution in [0.2, 0.25) is 0 Å². The summed E-state index contributed by atoms with van der Waals surface area (Å²) in [7, 11) is -3.66. The minimum Gasteiger partial charge on any atom is -0.367 e. The highest BCUT2D eigenvalue weighted by Crippen LogP contribution is 2.33. The van der Waals surface area contributed by atoms with E-state index >= 15 is 0 Å². The van der Waals surface area contributed by atoms with Crippen LogP contribution < -0.4 is 9.62 Å². The van der Waals surface area contributed by atoms with E-state index in [9.17, 15) is 8.42 Å². The number of anilines is 1. The molecular formula is C22H26N4O2S. The molecule has 0 radical (unpaired) electrons. The number of nitrogens with zero attached hydrogens (tertiary/aromatic N) is 3. The van der Waals surface area contributed by atoms with E-state index in [0.29, 0.717) is 24.2 Å². The second-order valence-corrected chi connectivity index (χ2v) is 9.87. The lowest BCUT2D eigenvalue weighted by molar-refractivity contribution is 0.251. The third-order valence-electron chi connectivity index (χ3n) is 5.83. The average molecular weight is 411 g/mol. The summed E-state index contributed by atoms with van der Waals surface area (Å²) in [4.78, 5) is 4.96. The first-order valence-electron chi connectivity index (χ1n) is 9.98. The maximum atomic E-state index is 12.9. The Morgan fingerprint density at radius 1 is 1.14 bits per heavy atom. The van der Waals surface area contributed by atoms with E-state index in [1.807, 2.05) is 6.07 Å². The molecule has 0 aromatic heterocycles. The van der Waals surface area contributed by atoms with E-state index < -0.39 is 10.0 Å². The van der Waals surface area contributed by atoms with Crippen molar-refractivity contribution in [2.45, 2.75) is 49.8 Å². The maximum absolute atomic E-state index is 12.9. The number of rotatable bonds is 4. The average Bonchev–Trinajstić information content (AvgIpc) is 2.99. The second kappa shape index (κ2) is 7.79. The molecule has 4 rings (SSSR count). The van der Waals surface area contributed by atoms with Crippen molar-refractivity contribution in [1.82, 2.24) is 9.62 Å². The first-order valence-corrected chi connectivity index (χ1v) is 11.5. The van der Waals surface area contributed by atoms with E-state index in [2.05, 4.69) is 52.6 Å². The fraction of sp³-hybridized carbons (Fsp3) is 0.409. The number of sulfonamides is 1. The highest BCUT2D eigenvalue weighted by Gasteiger charge is 2.38. The Bertz CT molecular complexity index is 1040. The molecule has 0 amide bonds. The van der Waals surface area contributed by atoms with E-state index in [-0.39, 0.29) is 10.9 Å². The van der Waals surface area contributed by atoms with Gasteiger partial charge in [-0.15, -0.1) is 0 Å². The summed E-state index contributed by atoms with van der Waals surface area (Å²) in [5, 5.41) is 9.05. The standard InChI is InChI=1S/C22H26N4O2S/c1-16(2)26-15-20-11-19(14-25(20)13-18-7-3-4-9-22(18)26)24-29(27,28)21-8-5-6-17(10-21)12-23/h3-10,16,19-20,24H,11,13-15H2,1-2H3/t19-,20-/m0/s1. The number of nitrogens with one attached hydrogen (secondary N) is 1. The van der Waals surface area contributed by atoms with Crippen LogP contribution in [-0.2, 0) is 16.6 Å². The summed E-state index contributed by atoms with van der Waals surface area (Å²) in [6, 6.07) is 17.2. The molecule has 2 aromatic rings. The summed E-state index contributed by atoms with van der Waals surface area (Å²) < 4.78 is 28.6. The van der Waals surface area contributed by atoms with Gasteiger partial charge in [0.1, 0.15) is 0 Å². The first kappa shape index (κ1) is 19.9. The van der Waals surface area contributed by atoms with Gasteiger partial charge in [-0.1, -0.05) is 24.3 Å². The maximum Gasteiger partial charge on any atom is 0.240 e. The molecule has 2 atom stereocenters. The van der Waals surface area contributed by atoms with Gasteiger partial charge >= 0.3 is 0 Å². The normalized spacial score (nSPS) is 22.1. The topological polar surface area (TPSA) is 76.4 Å². The Morgan fingerprint density at radius 2 is 1.93 bits per heavy atom. The molecule has 1 N–H and O–H groups in total. The molecular weight excluding hydrogens is 384 g/mol. The summed E-state index contributed by atoms with van der Waals surface area (Å²) in [6.07, 6.45) is 0.772. The molecule has 0 aliphatic carbocycles. The smallest absolute Gasteiger partial charge is 0.240 e. The predicted molar refractivity (Wildman–Crippen MR) is 113 cm³/mol. The monoisotopic (exact) mass is 410 g/mol. The summed E-state index contributed by atoms with van der Waals surface area (Å²) in [6.45, 7) is 6.79. The van der Waals surface area contributed by atoms with Gasteiger partial charge in [0.25, 0.3) is 0 Å². The van der Waals surface area contributed by atoms with Crippen LogP contribution in [0, 0.1) is 11.3 Å². The molecule has 152 valence electrons. The largest absolute Gasteiger partial charge is 0.367 e. The van der Waals surface area contributed by atoms with E-state index in [1.54, 1.807) is 12.1 Å². The van der Waals surface area contributed by atoms with Crippen molar-refractivity contribution < 1.29 is 8.42 Å². The zero-order valence-electron chi connectivity index (χ0n) is 16.7. The van der Waals surface area contributed by atoms with Gasteiger partial charge in [-0.05, 0) is 50.1 Å². The second-order valence-electron chi connectivity index (χ2n) is 8.15. The minimum absolute atomic E-state index is 0.144. The van der Waals surface area contributed by atoms with E-state index in [1.165, 1.54) is 23.4 Å². The third-order valence-corrected chi connectivity index (χ3v) is 7.35. The predicted octanol–water partition coefficient (Wildman–Crippen LogP) is 2.71. The van der Waals surface area contributed by atoms with Crippen molar-refractivity contribution in [2.24, 2.45) is 0 Å². The van der Waals surface area contributed by atoms with E-state index in [0.717, 1.165) is 19.5 Å². The van der Waals surface area contributed by atoms with Crippen LogP contribution in [0.5, 0.6) is 0 Å². The quantitative estimate of drug-likeness (QED) is 0.839. The molecule has 29 heavy (non-hydrogen) atoms. The molecule has 0 spiro atoms. The number of benzene rings is 2. The van der Waals surface area contributed by atoms with Gasteiger partial charge in [-0.25, -0.2) is 13.1 Å². The van der Waals surface area contributed by atoms with Crippen LogP contribution in [0.3, 0.4) is 0 Å². The number of hydrogen-bond donors (Lipinski definition) is 1. The Labute approximate surface area is 172 Å². The Morgan fingerprint density at radius 3 is 2.69 bits per heavy atom. The number of fused-ring (bicyclic) bond motifs is 2. The Balaban J connectivity index is 1.54. The molecule has 0 saturated carbocycles. The van der Waals surface area contributed by atoms with Gasteiger partial charge in [0.15, 0.2) is 0 Å². The summed E-state index contributed by atoms with van der Waals surface area (Å²) in [5.41, 5.74) is 2.91. The van der Waals surface area contributed by atoms with Gasteiger partial charge in [-0.3, -0.25) is 4.90 Å². The summed E-state index contributed by atoms with van der Waals surface area (Å²) in [5.74, 6) is 0. The van der Waals surface area contributed by atoms with Crippen LogP contribution in [0.25, 0.3) is 0 Å². The van der Waals surface area contributed by atoms with Crippen LogP contribution >= 0.6 is 0 Å². The third kappa shape index (κ3) is 4.01. The molecule has 6 nitrogen and oxygen atoms in total. The molecule has 0 unspecified atom stereocenters. The molecule has 2 aliphatic heterocycles. The van der Waals surface area contributed by atoms with Crippen molar-refractivity contribution in [1.29, 1.82) is 5.26 Å². The van der Waals surface area contributed by atoms with Gasteiger partial charge in [0.05, 0.1) is 16.5 Å². The van der Waals surface area contributed by atoms with Crippen molar-refractivity contribution in [3.8, 4) is 6.07 Å². The number of para-hydroxylation sites is 1. The van der Waals surface area contributed by atoms with E-state index in [4.69, 9.17) is 5.26 Å². The van der Waals surface area contributed by atoms with Crippen molar-refractivity contribution in [3.63, 3.8) is 0 Å². The van der Waals surface area contributed by atoms with Gasteiger partial charge in [0.2, 0.25) is 10.0 Å². The van der Waals surface area contributed by atoms with Crippen molar-refractivity contribution in [3.05, 3.63) is 59.7 Å². The fourth-order valence-corrected chi connectivity index (χ4v) is 5.72. The Kier molecular flexibility index (Phi) is 5.34. The molecule has 1 saturated heterocycles. The van der Waals surface area contributed by atoms with Crippen LogP contribution in [0.1, 0.15) is 31.4 Å². The van der Waals surface area contributed by atoms with Gasteiger partial charge in [0, 0.05) is 43.4 Å². The first-order chi connectivity index (χ1) is 13.9. The molecule has 7 heteroatoms. The van der Waals surface area contributed by atoms with Crippen LogP contribution in [-0.4, -0.2) is 44.5 Å². The highest BCUT2D eigenvalue weighted by atomic mass is 32.2.